The lowest BCUT2D eigenvalue weighted by atomic mass is 9.93. The summed E-state index contributed by atoms with van der Waals surface area (Å²) in [5, 5.41) is 0. The van der Waals surface area contributed by atoms with Crippen LogP contribution in [0.1, 0.15) is 25.8 Å². The summed E-state index contributed by atoms with van der Waals surface area (Å²) in [5.41, 5.74) is 7.27. The fourth-order valence-corrected chi connectivity index (χ4v) is 1.93. The van der Waals surface area contributed by atoms with Crippen molar-refractivity contribution in [1.82, 2.24) is 0 Å². The number of methoxy groups -OCH3 is 2. The maximum atomic E-state index is 6.04. The summed E-state index contributed by atoms with van der Waals surface area (Å²) in [5.74, 6) is 2.02. The molecule has 2 N–H and O–H groups in total. The van der Waals surface area contributed by atoms with Crippen LogP contribution in [0.15, 0.2) is 18.2 Å². The van der Waals surface area contributed by atoms with E-state index in [9.17, 15) is 0 Å². The number of ether oxygens (including phenoxy) is 2. The van der Waals surface area contributed by atoms with Crippen LogP contribution in [0.3, 0.4) is 0 Å². The van der Waals surface area contributed by atoms with Crippen molar-refractivity contribution in [3.8, 4) is 11.5 Å². The van der Waals surface area contributed by atoms with Gasteiger partial charge in [0.05, 0.1) is 14.2 Å². The van der Waals surface area contributed by atoms with Crippen LogP contribution in [0, 0.1) is 5.92 Å². The normalized spacial score (nSPS) is 14.2. The van der Waals surface area contributed by atoms with E-state index < -0.39 is 0 Å². The highest BCUT2D eigenvalue weighted by atomic mass is 16.5. The third-order valence-corrected chi connectivity index (χ3v) is 3.21. The predicted octanol–water partition coefficient (Wildman–Crippen LogP) is 2.62. The van der Waals surface area contributed by atoms with E-state index in [4.69, 9.17) is 15.2 Å². The topological polar surface area (TPSA) is 44.5 Å². The average Bonchev–Trinajstić information content (AvgIpc) is 2.37. The molecule has 0 aliphatic heterocycles. The molecule has 2 unspecified atom stereocenters. The Labute approximate surface area is 104 Å². The van der Waals surface area contributed by atoms with Gasteiger partial charge in [-0.1, -0.05) is 19.9 Å². The minimum atomic E-state index is 0.253. The number of benzene rings is 1. The molecule has 0 bridgehead atoms. The molecule has 0 aliphatic rings. The highest BCUT2D eigenvalue weighted by molar-refractivity contribution is 5.43. The van der Waals surface area contributed by atoms with Crippen molar-refractivity contribution in [2.24, 2.45) is 11.7 Å². The fraction of sp³-hybridized carbons (Fsp3) is 0.571. The summed E-state index contributed by atoms with van der Waals surface area (Å²) in [6.45, 7) is 4.31. The van der Waals surface area contributed by atoms with E-state index in [1.807, 2.05) is 12.1 Å². The van der Waals surface area contributed by atoms with E-state index in [2.05, 4.69) is 19.9 Å². The second-order valence-corrected chi connectivity index (χ2v) is 4.44. The Hall–Kier alpha value is -1.22. The molecule has 1 rings (SSSR count). The molecule has 17 heavy (non-hydrogen) atoms. The standard InChI is InChI=1S/C14H23NO2/c1-5-12(15)10(2)8-11-6-7-13(16-3)14(9-11)17-4/h6-7,9-10,12H,5,8,15H2,1-4H3. The predicted molar refractivity (Wildman–Crippen MR) is 70.7 cm³/mol. The van der Waals surface area contributed by atoms with Crippen molar-refractivity contribution in [3.05, 3.63) is 23.8 Å². The average molecular weight is 237 g/mol. The number of rotatable bonds is 6. The molecule has 3 nitrogen and oxygen atoms in total. The zero-order valence-electron chi connectivity index (χ0n) is 11.2. The summed E-state index contributed by atoms with van der Waals surface area (Å²) >= 11 is 0. The van der Waals surface area contributed by atoms with Crippen molar-refractivity contribution in [2.45, 2.75) is 32.7 Å². The molecular weight excluding hydrogens is 214 g/mol. The van der Waals surface area contributed by atoms with Crippen LogP contribution < -0.4 is 15.2 Å². The Morgan fingerprint density at radius 2 is 1.82 bits per heavy atom. The lowest BCUT2D eigenvalue weighted by molar-refractivity contribution is 0.354. The van der Waals surface area contributed by atoms with Crippen LogP contribution in [0.25, 0.3) is 0 Å². The van der Waals surface area contributed by atoms with Gasteiger partial charge in [-0.15, -0.1) is 0 Å². The smallest absolute Gasteiger partial charge is 0.160 e. The molecule has 96 valence electrons. The first-order valence-corrected chi connectivity index (χ1v) is 6.08. The molecule has 1 aromatic carbocycles. The highest BCUT2D eigenvalue weighted by Crippen LogP contribution is 2.28. The van der Waals surface area contributed by atoms with Crippen molar-refractivity contribution in [3.63, 3.8) is 0 Å². The first-order valence-electron chi connectivity index (χ1n) is 6.08. The number of hydrogen-bond acceptors (Lipinski definition) is 3. The largest absolute Gasteiger partial charge is 0.493 e. The quantitative estimate of drug-likeness (QED) is 0.827. The molecular formula is C14H23NO2. The maximum Gasteiger partial charge on any atom is 0.160 e. The molecule has 0 spiro atoms. The second kappa shape index (κ2) is 6.50. The minimum Gasteiger partial charge on any atom is -0.493 e. The Morgan fingerprint density at radius 1 is 1.18 bits per heavy atom. The Balaban J connectivity index is 2.78. The van der Waals surface area contributed by atoms with Crippen molar-refractivity contribution in [1.29, 1.82) is 0 Å². The van der Waals surface area contributed by atoms with Gasteiger partial charge >= 0.3 is 0 Å². The van der Waals surface area contributed by atoms with E-state index in [1.165, 1.54) is 5.56 Å². The lowest BCUT2D eigenvalue weighted by Crippen LogP contribution is -2.28. The molecule has 0 saturated carbocycles. The first kappa shape index (κ1) is 13.8. The van der Waals surface area contributed by atoms with Gasteiger partial charge in [-0.2, -0.15) is 0 Å². The first-order chi connectivity index (χ1) is 8.12. The van der Waals surface area contributed by atoms with Crippen molar-refractivity contribution in [2.75, 3.05) is 14.2 Å². The van der Waals surface area contributed by atoms with Gasteiger partial charge in [0.2, 0.25) is 0 Å². The van der Waals surface area contributed by atoms with E-state index in [-0.39, 0.29) is 6.04 Å². The van der Waals surface area contributed by atoms with Crippen LogP contribution in [0.5, 0.6) is 11.5 Å². The van der Waals surface area contributed by atoms with Gasteiger partial charge in [-0.05, 0) is 36.5 Å². The number of nitrogens with two attached hydrogens (primary N) is 1. The van der Waals surface area contributed by atoms with Crippen molar-refractivity contribution >= 4 is 0 Å². The van der Waals surface area contributed by atoms with Crippen LogP contribution in [0.2, 0.25) is 0 Å². The Bertz CT molecular complexity index is 352. The summed E-state index contributed by atoms with van der Waals surface area (Å²) < 4.78 is 10.5. The van der Waals surface area contributed by atoms with Gasteiger partial charge < -0.3 is 15.2 Å². The van der Waals surface area contributed by atoms with Gasteiger partial charge in [0.1, 0.15) is 0 Å². The molecule has 0 heterocycles. The van der Waals surface area contributed by atoms with E-state index in [0.717, 1.165) is 24.3 Å². The molecule has 2 atom stereocenters. The van der Waals surface area contributed by atoms with Gasteiger partial charge in [0.25, 0.3) is 0 Å². The van der Waals surface area contributed by atoms with Gasteiger partial charge in [-0.25, -0.2) is 0 Å². The van der Waals surface area contributed by atoms with Crippen molar-refractivity contribution < 1.29 is 9.47 Å². The zero-order valence-corrected chi connectivity index (χ0v) is 11.2. The zero-order chi connectivity index (χ0) is 12.8. The molecule has 0 radical (unpaired) electrons. The Kier molecular flexibility index (Phi) is 5.29. The molecule has 0 saturated heterocycles. The van der Waals surface area contributed by atoms with E-state index >= 15 is 0 Å². The molecule has 3 heteroatoms. The summed E-state index contributed by atoms with van der Waals surface area (Å²) in [4.78, 5) is 0. The van der Waals surface area contributed by atoms with Crippen LogP contribution in [0.4, 0.5) is 0 Å². The summed E-state index contributed by atoms with van der Waals surface area (Å²) in [6.07, 6.45) is 1.98. The molecule has 0 aliphatic carbocycles. The minimum absolute atomic E-state index is 0.253. The van der Waals surface area contributed by atoms with Gasteiger partial charge in [-0.3, -0.25) is 0 Å². The summed E-state index contributed by atoms with van der Waals surface area (Å²) in [6, 6.07) is 6.29. The van der Waals surface area contributed by atoms with E-state index in [0.29, 0.717) is 5.92 Å². The summed E-state index contributed by atoms with van der Waals surface area (Å²) in [7, 11) is 3.30. The molecule has 0 aromatic heterocycles. The van der Waals surface area contributed by atoms with E-state index in [1.54, 1.807) is 14.2 Å². The lowest BCUT2D eigenvalue weighted by Gasteiger charge is -2.19. The van der Waals surface area contributed by atoms with Crippen LogP contribution in [-0.2, 0) is 6.42 Å². The SMILES string of the molecule is CCC(N)C(C)Cc1ccc(OC)c(OC)c1. The monoisotopic (exact) mass is 237 g/mol. The highest BCUT2D eigenvalue weighted by Gasteiger charge is 2.12. The Morgan fingerprint density at radius 3 is 2.35 bits per heavy atom. The van der Waals surface area contributed by atoms with Crippen LogP contribution in [-0.4, -0.2) is 20.3 Å². The number of hydrogen-bond donors (Lipinski definition) is 1. The maximum absolute atomic E-state index is 6.04. The van der Waals surface area contributed by atoms with Crippen LogP contribution >= 0.6 is 0 Å². The third-order valence-electron chi connectivity index (χ3n) is 3.21. The molecule has 0 fully saturated rings. The second-order valence-electron chi connectivity index (χ2n) is 4.44. The molecule has 1 aromatic rings. The van der Waals surface area contributed by atoms with Gasteiger partial charge in [0, 0.05) is 6.04 Å². The van der Waals surface area contributed by atoms with Gasteiger partial charge in [0.15, 0.2) is 11.5 Å². The molecule has 0 amide bonds. The fourth-order valence-electron chi connectivity index (χ4n) is 1.93. The third kappa shape index (κ3) is 3.63.